The van der Waals surface area contributed by atoms with E-state index in [1.54, 1.807) is 11.3 Å². The number of nitrogens with one attached hydrogen (secondary N) is 1. The van der Waals surface area contributed by atoms with Crippen molar-refractivity contribution in [3.8, 4) is 0 Å². The van der Waals surface area contributed by atoms with E-state index in [4.69, 9.17) is 0 Å². The summed E-state index contributed by atoms with van der Waals surface area (Å²) < 4.78 is 0. The molecule has 0 aliphatic rings. The number of anilines is 1. The highest BCUT2D eigenvalue weighted by Crippen LogP contribution is 2.11. The maximum absolute atomic E-state index is 4.20. The van der Waals surface area contributed by atoms with E-state index in [0.717, 1.165) is 17.2 Å². The lowest BCUT2D eigenvalue weighted by atomic mass is 10.2. The smallest absolute Gasteiger partial charge is 0.112 e. The lowest BCUT2D eigenvalue weighted by Crippen LogP contribution is -1.98. The Morgan fingerprint density at radius 1 is 1.29 bits per heavy atom. The molecule has 0 atom stereocenters. The van der Waals surface area contributed by atoms with Gasteiger partial charge in [0.2, 0.25) is 0 Å². The quantitative estimate of drug-likeness (QED) is 0.831. The van der Waals surface area contributed by atoms with Gasteiger partial charge in [-0.15, -0.1) is 11.3 Å². The van der Waals surface area contributed by atoms with Gasteiger partial charge in [0.25, 0.3) is 0 Å². The van der Waals surface area contributed by atoms with Crippen LogP contribution in [0.3, 0.4) is 0 Å². The summed E-state index contributed by atoms with van der Waals surface area (Å²) in [7, 11) is 0. The zero-order valence-corrected chi connectivity index (χ0v) is 8.84. The number of aromatic nitrogens is 1. The zero-order valence-electron chi connectivity index (χ0n) is 8.03. The largest absolute Gasteiger partial charge is 0.379 e. The number of hydrogen-bond acceptors (Lipinski definition) is 3. The second-order valence-corrected chi connectivity index (χ2v) is 4.12. The third-order valence-corrected chi connectivity index (χ3v) is 2.76. The zero-order chi connectivity index (χ0) is 9.80. The van der Waals surface area contributed by atoms with Crippen LogP contribution in [0.15, 0.2) is 35.8 Å². The summed E-state index contributed by atoms with van der Waals surface area (Å²) in [5.74, 6) is 0. The maximum atomic E-state index is 4.20. The predicted molar refractivity (Wildman–Crippen MR) is 60.6 cm³/mol. The molecule has 0 radical (unpaired) electrons. The topological polar surface area (TPSA) is 24.9 Å². The van der Waals surface area contributed by atoms with Crippen LogP contribution in [-0.2, 0) is 6.54 Å². The van der Waals surface area contributed by atoms with Gasteiger partial charge in [0.15, 0.2) is 0 Å². The first-order valence-electron chi connectivity index (χ1n) is 4.53. The summed E-state index contributed by atoms with van der Waals surface area (Å²) >= 11 is 1.67. The van der Waals surface area contributed by atoms with Crippen molar-refractivity contribution in [2.45, 2.75) is 13.5 Å². The average molecular weight is 204 g/mol. The summed E-state index contributed by atoms with van der Waals surface area (Å²) in [4.78, 5) is 4.20. The normalized spacial score (nSPS) is 10.1. The molecule has 0 aliphatic carbocycles. The number of rotatable bonds is 3. The van der Waals surface area contributed by atoms with Crippen molar-refractivity contribution in [2.75, 3.05) is 5.32 Å². The molecule has 1 aromatic carbocycles. The third-order valence-electron chi connectivity index (χ3n) is 1.98. The maximum Gasteiger partial charge on any atom is 0.112 e. The monoisotopic (exact) mass is 204 g/mol. The number of nitrogens with zero attached hydrogens (tertiary/aromatic N) is 1. The highest BCUT2D eigenvalue weighted by atomic mass is 32.1. The Morgan fingerprint density at radius 3 is 2.71 bits per heavy atom. The van der Waals surface area contributed by atoms with E-state index in [2.05, 4.69) is 41.5 Å². The van der Waals surface area contributed by atoms with E-state index < -0.39 is 0 Å². The van der Waals surface area contributed by atoms with Crippen molar-refractivity contribution in [3.63, 3.8) is 0 Å². The molecule has 14 heavy (non-hydrogen) atoms. The van der Waals surface area contributed by atoms with Gasteiger partial charge in [-0.05, 0) is 19.1 Å². The molecule has 1 aromatic heterocycles. The minimum absolute atomic E-state index is 0.806. The molecule has 1 heterocycles. The standard InChI is InChI=1S/C11H12N2S/c1-9-2-4-10(5-3-9)13-8-11-12-6-7-14-11/h2-7,13H,8H2,1H3. The van der Waals surface area contributed by atoms with Crippen molar-refractivity contribution in [3.05, 3.63) is 46.4 Å². The molecule has 3 heteroatoms. The Labute approximate surface area is 87.6 Å². The van der Waals surface area contributed by atoms with E-state index >= 15 is 0 Å². The fourth-order valence-electron chi connectivity index (χ4n) is 1.19. The first-order valence-corrected chi connectivity index (χ1v) is 5.41. The highest BCUT2D eigenvalue weighted by molar-refractivity contribution is 7.09. The highest BCUT2D eigenvalue weighted by Gasteiger charge is 1.95. The van der Waals surface area contributed by atoms with Crippen LogP contribution in [0.4, 0.5) is 5.69 Å². The lowest BCUT2D eigenvalue weighted by molar-refractivity contribution is 1.10. The molecule has 0 unspecified atom stereocenters. The second kappa shape index (κ2) is 4.24. The van der Waals surface area contributed by atoms with Gasteiger partial charge in [-0.2, -0.15) is 0 Å². The molecule has 2 nitrogen and oxygen atoms in total. The fourth-order valence-corrected chi connectivity index (χ4v) is 1.75. The van der Waals surface area contributed by atoms with Gasteiger partial charge >= 0.3 is 0 Å². The van der Waals surface area contributed by atoms with E-state index in [0.29, 0.717) is 0 Å². The van der Waals surface area contributed by atoms with Crippen LogP contribution in [-0.4, -0.2) is 4.98 Å². The molecule has 0 saturated carbocycles. The Balaban J connectivity index is 1.95. The summed E-state index contributed by atoms with van der Waals surface area (Å²) in [6.45, 7) is 2.89. The van der Waals surface area contributed by atoms with Gasteiger partial charge in [0, 0.05) is 17.3 Å². The molecular weight excluding hydrogens is 192 g/mol. The minimum Gasteiger partial charge on any atom is -0.379 e. The van der Waals surface area contributed by atoms with Crippen LogP contribution >= 0.6 is 11.3 Å². The van der Waals surface area contributed by atoms with Crippen LogP contribution in [0.2, 0.25) is 0 Å². The van der Waals surface area contributed by atoms with Gasteiger partial charge < -0.3 is 5.32 Å². The molecule has 2 rings (SSSR count). The predicted octanol–water partition coefficient (Wildman–Crippen LogP) is 3.06. The Morgan fingerprint density at radius 2 is 2.07 bits per heavy atom. The molecule has 0 spiro atoms. The molecule has 0 saturated heterocycles. The van der Waals surface area contributed by atoms with Crippen molar-refractivity contribution >= 4 is 17.0 Å². The van der Waals surface area contributed by atoms with Crippen LogP contribution in [0, 0.1) is 6.92 Å². The van der Waals surface area contributed by atoms with Gasteiger partial charge in [-0.25, -0.2) is 4.98 Å². The molecule has 0 amide bonds. The van der Waals surface area contributed by atoms with E-state index in [-0.39, 0.29) is 0 Å². The summed E-state index contributed by atoms with van der Waals surface area (Å²) in [6, 6.07) is 8.38. The van der Waals surface area contributed by atoms with E-state index in [1.807, 2.05) is 11.6 Å². The average Bonchev–Trinajstić information content (AvgIpc) is 2.70. The van der Waals surface area contributed by atoms with Crippen LogP contribution < -0.4 is 5.32 Å². The molecule has 72 valence electrons. The number of thiazole rings is 1. The van der Waals surface area contributed by atoms with E-state index in [1.165, 1.54) is 5.56 Å². The molecule has 0 aliphatic heterocycles. The summed E-state index contributed by atoms with van der Waals surface area (Å²) in [5.41, 5.74) is 2.43. The summed E-state index contributed by atoms with van der Waals surface area (Å²) in [5, 5.41) is 6.43. The Kier molecular flexibility index (Phi) is 2.79. The molecule has 2 aromatic rings. The SMILES string of the molecule is Cc1ccc(NCc2nccs2)cc1. The van der Waals surface area contributed by atoms with Crippen molar-refractivity contribution in [2.24, 2.45) is 0 Å². The lowest BCUT2D eigenvalue weighted by Gasteiger charge is -2.03. The van der Waals surface area contributed by atoms with Crippen molar-refractivity contribution < 1.29 is 0 Å². The molecule has 0 bridgehead atoms. The first-order chi connectivity index (χ1) is 6.84. The summed E-state index contributed by atoms with van der Waals surface area (Å²) in [6.07, 6.45) is 1.83. The molecule has 1 N–H and O–H groups in total. The van der Waals surface area contributed by atoms with Crippen LogP contribution in [0.1, 0.15) is 10.6 Å². The third kappa shape index (κ3) is 2.33. The first kappa shape index (κ1) is 9.21. The number of hydrogen-bond donors (Lipinski definition) is 1. The number of aryl methyl sites for hydroxylation is 1. The van der Waals surface area contributed by atoms with Crippen molar-refractivity contribution in [1.82, 2.24) is 4.98 Å². The minimum atomic E-state index is 0.806. The van der Waals surface area contributed by atoms with Gasteiger partial charge in [0.1, 0.15) is 5.01 Å². The fraction of sp³-hybridized carbons (Fsp3) is 0.182. The molecular formula is C11H12N2S. The second-order valence-electron chi connectivity index (χ2n) is 3.15. The van der Waals surface area contributed by atoms with E-state index in [9.17, 15) is 0 Å². The Bertz CT molecular complexity index is 378. The number of benzene rings is 1. The van der Waals surface area contributed by atoms with Gasteiger partial charge in [-0.1, -0.05) is 17.7 Å². The van der Waals surface area contributed by atoms with Gasteiger partial charge in [-0.3, -0.25) is 0 Å². The van der Waals surface area contributed by atoms with Crippen LogP contribution in [0.5, 0.6) is 0 Å². The van der Waals surface area contributed by atoms with Crippen molar-refractivity contribution in [1.29, 1.82) is 0 Å². The molecule has 0 fully saturated rings. The van der Waals surface area contributed by atoms with Gasteiger partial charge in [0.05, 0.1) is 6.54 Å². The van der Waals surface area contributed by atoms with Crippen LogP contribution in [0.25, 0.3) is 0 Å². The Hall–Kier alpha value is -1.35.